The molecule has 5 nitrogen and oxygen atoms in total. The second-order valence-corrected chi connectivity index (χ2v) is 8.29. The SMILES string of the molecule is COc1ncc(-c2cccc(OCc3cccc(C(F)(F)F)c3)c2)cc1NS(=O)CCCF. The summed E-state index contributed by atoms with van der Waals surface area (Å²) in [7, 11) is -0.0688. The number of nitrogens with one attached hydrogen (secondary N) is 1. The lowest BCUT2D eigenvalue weighted by Gasteiger charge is -2.13. The zero-order valence-electron chi connectivity index (χ0n) is 17.7. The van der Waals surface area contributed by atoms with Crippen LogP contribution in [0.2, 0.25) is 0 Å². The van der Waals surface area contributed by atoms with Gasteiger partial charge in [0.2, 0.25) is 5.88 Å². The molecule has 3 rings (SSSR count). The molecule has 1 heterocycles. The van der Waals surface area contributed by atoms with Crippen LogP contribution in [0.25, 0.3) is 11.1 Å². The first-order valence-electron chi connectivity index (χ1n) is 9.94. The number of hydrogen-bond acceptors (Lipinski definition) is 4. The number of alkyl halides is 4. The molecule has 1 aromatic heterocycles. The number of anilines is 1. The molecule has 1 N–H and O–H groups in total. The van der Waals surface area contributed by atoms with Crippen molar-refractivity contribution in [3.63, 3.8) is 0 Å². The van der Waals surface area contributed by atoms with E-state index in [2.05, 4.69) is 9.71 Å². The van der Waals surface area contributed by atoms with E-state index in [0.29, 0.717) is 22.6 Å². The highest BCUT2D eigenvalue weighted by Crippen LogP contribution is 2.32. The van der Waals surface area contributed by atoms with E-state index in [1.807, 2.05) is 6.07 Å². The van der Waals surface area contributed by atoms with Crippen molar-refractivity contribution < 1.29 is 31.2 Å². The van der Waals surface area contributed by atoms with Gasteiger partial charge in [0.05, 0.1) is 19.3 Å². The molecule has 0 aliphatic rings. The number of pyridine rings is 1. The Balaban J connectivity index is 1.76. The molecule has 3 aromatic rings. The molecule has 0 fully saturated rings. The van der Waals surface area contributed by atoms with E-state index >= 15 is 0 Å². The number of halogens is 4. The van der Waals surface area contributed by atoms with Crippen LogP contribution in [0.1, 0.15) is 17.5 Å². The van der Waals surface area contributed by atoms with E-state index in [1.165, 1.54) is 13.2 Å². The van der Waals surface area contributed by atoms with Crippen molar-refractivity contribution in [2.45, 2.75) is 19.2 Å². The van der Waals surface area contributed by atoms with Crippen LogP contribution in [0, 0.1) is 0 Å². The molecule has 0 amide bonds. The fraction of sp³-hybridized carbons (Fsp3) is 0.261. The average Bonchev–Trinajstić information content (AvgIpc) is 2.81. The zero-order chi connectivity index (χ0) is 23.8. The van der Waals surface area contributed by atoms with Crippen LogP contribution >= 0.6 is 0 Å². The molecule has 0 aliphatic carbocycles. The normalized spacial score (nSPS) is 12.3. The molecule has 176 valence electrons. The van der Waals surface area contributed by atoms with E-state index in [9.17, 15) is 21.8 Å². The Labute approximate surface area is 191 Å². The maximum Gasteiger partial charge on any atom is 0.416 e. The Bertz CT molecular complexity index is 1110. The first-order valence-corrected chi connectivity index (χ1v) is 11.3. The van der Waals surface area contributed by atoms with Gasteiger partial charge in [0.25, 0.3) is 0 Å². The molecule has 0 saturated carbocycles. The fourth-order valence-corrected chi connectivity index (χ4v) is 3.84. The average molecular weight is 482 g/mol. The number of hydrogen-bond donors (Lipinski definition) is 1. The van der Waals surface area contributed by atoms with Crippen LogP contribution in [0.15, 0.2) is 60.8 Å². The number of benzene rings is 2. The Kier molecular flexibility index (Phi) is 8.26. The molecule has 0 saturated heterocycles. The van der Waals surface area contributed by atoms with Gasteiger partial charge in [-0.25, -0.2) is 9.19 Å². The number of nitrogens with zero attached hydrogens (tertiary/aromatic N) is 1. The molecule has 33 heavy (non-hydrogen) atoms. The summed E-state index contributed by atoms with van der Waals surface area (Å²) in [4.78, 5) is 4.22. The Hall–Kier alpha value is -3.14. The molecule has 0 bridgehead atoms. The first-order chi connectivity index (χ1) is 15.8. The second-order valence-electron chi connectivity index (χ2n) is 6.99. The lowest BCUT2D eigenvalue weighted by atomic mass is 10.1. The molecule has 10 heteroatoms. The van der Waals surface area contributed by atoms with Crippen molar-refractivity contribution in [3.8, 4) is 22.8 Å². The zero-order valence-corrected chi connectivity index (χ0v) is 18.5. The van der Waals surface area contributed by atoms with Gasteiger partial charge in [-0.05, 0) is 47.9 Å². The molecular weight excluding hydrogens is 460 g/mol. The Morgan fingerprint density at radius 3 is 2.58 bits per heavy atom. The molecule has 1 atom stereocenters. The number of methoxy groups -OCH3 is 1. The third kappa shape index (κ3) is 6.92. The van der Waals surface area contributed by atoms with Crippen molar-refractivity contribution >= 4 is 16.7 Å². The fourth-order valence-electron chi connectivity index (χ4n) is 2.97. The summed E-state index contributed by atoms with van der Waals surface area (Å²) in [6, 6.07) is 13.6. The molecule has 1 unspecified atom stereocenters. The highest BCUT2D eigenvalue weighted by molar-refractivity contribution is 7.86. The number of aromatic nitrogens is 1. The van der Waals surface area contributed by atoms with Crippen LogP contribution < -0.4 is 14.2 Å². The minimum absolute atomic E-state index is 0.0331. The number of rotatable bonds is 10. The van der Waals surface area contributed by atoms with Gasteiger partial charge >= 0.3 is 6.18 Å². The van der Waals surface area contributed by atoms with E-state index in [4.69, 9.17) is 9.47 Å². The van der Waals surface area contributed by atoms with Gasteiger partial charge in [0, 0.05) is 17.5 Å². The lowest BCUT2D eigenvalue weighted by molar-refractivity contribution is -0.137. The van der Waals surface area contributed by atoms with E-state index in [0.717, 1.165) is 17.7 Å². The highest BCUT2D eigenvalue weighted by Gasteiger charge is 2.30. The maximum absolute atomic E-state index is 12.9. The molecule has 0 spiro atoms. The van der Waals surface area contributed by atoms with Gasteiger partial charge in [-0.15, -0.1) is 0 Å². The quantitative estimate of drug-likeness (QED) is 0.372. The van der Waals surface area contributed by atoms with Crippen molar-refractivity contribution in [3.05, 3.63) is 71.9 Å². The topological polar surface area (TPSA) is 60.5 Å². The minimum Gasteiger partial charge on any atom is -0.489 e. The second kappa shape index (κ2) is 11.1. The predicted molar refractivity (Wildman–Crippen MR) is 119 cm³/mol. The van der Waals surface area contributed by atoms with Gasteiger partial charge in [-0.3, -0.25) is 4.39 Å². The van der Waals surface area contributed by atoms with Crippen LogP contribution in [0.3, 0.4) is 0 Å². The summed E-state index contributed by atoms with van der Waals surface area (Å²) in [5.41, 5.74) is 1.45. The summed E-state index contributed by atoms with van der Waals surface area (Å²) in [6.07, 6.45) is -2.68. The van der Waals surface area contributed by atoms with Crippen molar-refractivity contribution in [2.75, 3.05) is 24.3 Å². The third-order valence-corrected chi connectivity index (χ3v) is 5.67. The van der Waals surface area contributed by atoms with E-state index in [-0.39, 0.29) is 24.7 Å². The third-order valence-electron chi connectivity index (χ3n) is 4.56. The highest BCUT2D eigenvalue weighted by atomic mass is 32.2. The van der Waals surface area contributed by atoms with Crippen LogP contribution in [0.5, 0.6) is 11.6 Å². The van der Waals surface area contributed by atoms with Gasteiger partial charge < -0.3 is 14.2 Å². The van der Waals surface area contributed by atoms with Gasteiger partial charge in [-0.1, -0.05) is 24.3 Å². The number of ether oxygens (including phenoxy) is 2. The molecule has 2 aromatic carbocycles. The summed E-state index contributed by atoms with van der Waals surface area (Å²) < 4.78 is 76.8. The van der Waals surface area contributed by atoms with E-state index < -0.39 is 29.4 Å². The van der Waals surface area contributed by atoms with Crippen LogP contribution in [-0.4, -0.2) is 28.7 Å². The van der Waals surface area contributed by atoms with Gasteiger partial charge in [-0.2, -0.15) is 13.2 Å². The maximum atomic E-state index is 12.9. The summed E-state index contributed by atoms with van der Waals surface area (Å²) >= 11 is 0. The van der Waals surface area contributed by atoms with Crippen LogP contribution in [-0.2, 0) is 23.8 Å². The predicted octanol–water partition coefficient (Wildman–Crippen LogP) is 5.79. The van der Waals surface area contributed by atoms with E-state index in [1.54, 1.807) is 36.5 Å². The summed E-state index contributed by atoms with van der Waals surface area (Å²) in [6.45, 7) is -0.593. The van der Waals surface area contributed by atoms with Gasteiger partial charge in [0.1, 0.15) is 29.0 Å². The minimum atomic E-state index is -4.42. The molecule has 0 radical (unpaired) electrons. The summed E-state index contributed by atoms with van der Waals surface area (Å²) in [5.74, 6) is 0.842. The largest absolute Gasteiger partial charge is 0.489 e. The van der Waals surface area contributed by atoms with Crippen molar-refractivity contribution in [2.24, 2.45) is 0 Å². The van der Waals surface area contributed by atoms with Gasteiger partial charge in [0.15, 0.2) is 0 Å². The van der Waals surface area contributed by atoms with Crippen LogP contribution in [0.4, 0.5) is 23.2 Å². The smallest absolute Gasteiger partial charge is 0.416 e. The standard InChI is InChI=1S/C23H22F4N2O3S/c1-31-22-21(29-33(30)10-4-9-24)13-18(14-28-22)17-6-3-8-20(12-17)32-15-16-5-2-7-19(11-16)23(25,26)27/h2-3,5-8,11-14,29H,4,9-10,15H2,1H3. The van der Waals surface area contributed by atoms with Crippen molar-refractivity contribution in [1.29, 1.82) is 0 Å². The Morgan fingerprint density at radius 2 is 1.85 bits per heavy atom. The Morgan fingerprint density at radius 1 is 1.06 bits per heavy atom. The lowest BCUT2D eigenvalue weighted by Crippen LogP contribution is -2.10. The molecule has 0 aliphatic heterocycles. The first kappa shape index (κ1) is 24.5. The summed E-state index contributed by atoms with van der Waals surface area (Å²) in [5, 5.41) is 0. The molecular formula is C23H22F4N2O3S. The monoisotopic (exact) mass is 482 g/mol. The van der Waals surface area contributed by atoms with Crippen molar-refractivity contribution in [1.82, 2.24) is 4.98 Å².